The number of benzene rings is 1. The fourth-order valence-corrected chi connectivity index (χ4v) is 5.15. The molecule has 0 saturated carbocycles. The lowest BCUT2D eigenvalue weighted by Crippen LogP contribution is -2.35. The molecule has 30 heavy (non-hydrogen) atoms. The maximum atomic E-state index is 13.0. The number of nitrogens with one attached hydrogen (secondary N) is 1. The summed E-state index contributed by atoms with van der Waals surface area (Å²) in [6, 6.07) is 13.1. The topological polar surface area (TPSA) is 112 Å². The minimum absolute atomic E-state index is 0.0605. The molecule has 1 aliphatic heterocycles. The van der Waals surface area contributed by atoms with Gasteiger partial charge in [-0.1, -0.05) is 36.8 Å². The van der Waals surface area contributed by atoms with Gasteiger partial charge in [0.1, 0.15) is 16.7 Å². The van der Waals surface area contributed by atoms with Crippen LogP contribution in [0.4, 0.5) is 5.88 Å². The van der Waals surface area contributed by atoms with E-state index in [0.717, 1.165) is 24.8 Å². The lowest BCUT2D eigenvalue weighted by molar-refractivity contribution is 0.346. The van der Waals surface area contributed by atoms with Gasteiger partial charge in [-0.15, -0.1) is 0 Å². The molecule has 1 N–H and O–H groups in total. The normalized spacial score (nSPS) is 15.1. The Labute approximate surface area is 175 Å². The number of rotatable bonds is 6. The zero-order valence-corrected chi connectivity index (χ0v) is 17.4. The van der Waals surface area contributed by atoms with Gasteiger partial charge in [0.25, 0.3) is 5.89 Å². The van der Waals surface area contributed by atoms with Gasteiger partial charge >= 0.3 is 0 Å². The largest absolute Gasteiger partial charge is 0.455 e. The summed E-state index contributed by atoms with van der Waals surface area (Å²) >= 11 is 0. The first-order valence-corrected chi connectivity index (χ1v) is 11.2. The number of anilines is 1. The Morgan fingerprint density at radius 3 is 2.60 bits per heavy atom. The van der Waals surface area contributed by atoms with Crippen LogP contribution in [0.25, 0.3) is 11.7 Å². The molecule has 0 radical (unpaired) electrons. The number of furan rings is 1. The van der Waals surface area contributed by atoms with E-state index in [1.54, 1.807) is 6.92 Å². The molecule has 3 aromatic rings. The van der Waals surface area contributed by atoms with Crippen molar-refractivity contribution in [3.05, 3.63) is 53.4 Å². The Morgan fingerprint density at radius 2 is 1.90 bits per heavy atom. The minimum Gasteiger partial charge on any atom is -0.455 e. The number of oxazole rings is 1. The number of aryl methyl sites for hydroxylation is 1. The highest BCUT2D eigenvalue weighted by Gasteiger charge is 2.31. The number of aromatic nitrogens is 1. The SMILES string of the molecule is Cc1oc(-c2nc(C#N)c(NCc3ccccc3)o2)cc1S(=O)(=O)N1CCCCC1. The Bertz CT molecular complexity index is 1170. The van der Waals surface area contributed by atoms with E-state index in [0.29, 0.717) is 19.6 Å². The summed E-state index contributed by atoms with van der Waals surface area (Å²) < 4.78 is 38.8. The minimum atomic E-state index is -3.65. The predicted octanol–water partition coefficient (Wildman–Crippen LogP) is 3.90. The molecule has 156 valence electrons. The Hall–Kier alpha value is -3.09. The van der Waals surface area contributed by atoms with Crippen molar-refractivity contribution < 1.29 is 17.3 Å². The molecule has 2 aromatic heterocycles. The molecular formula is C21H22N4O4S. The second-order valence-corrected chi connectivity index (χ2v) is 9.05. The highest BCUT2D eigenvalue weighted by Crippen LogP contribution is 2.32. The van der Waals surface area contributed by atoms with Gasteiger partial charge < -0.3 is 14.2 Å². The average molecular weight is 426 g/mol. The molecule has 8 nitrogen and oxygen atoms in total. The fraction of sp³-hybridized carbons (Fsp3) is 0.333. The first-order chi connectivity index (χ1) is 14.5. The smallest absolute Gasteiger partial charge is 0.266 e. The Balaban J connectivity index is 1.60. The maximum Gasteiger partial charge on any atom is 0.266 e. The Morgan fingerprint density at radius 1 is 1.17 bits per heavy atom. The molecule has 0 atom stereocenters. The van der Waals surface area contributed by atoms with Gasteiger partial charge in [0.05, 0.1) is 0 Å². The van der Waals surface area contributed by atoms with Crippen LogP contribution in [-0.2, 0) is 16.6 Å². The molecular weight excluding hydrogens is 404 g/mol. The lowest BCUT2D eigenvalue weighted by atomic mass is 10.2. The van der Waals surface area contributed by atoms with Crippen molar-refractivity contribution in [1.82, 2.24) is 9.29 Å². The van der Waals surface area contributed by atoms with Crippen molar-refractivity contribution in [3.8, 4) is 17.7 Å². The number of hydrogen-bond acceptors (Lipinski definition) is 7. The van der Waals surface area contributed by atoms with Crippen molar-refractivity contribution in [1.29, 1.82) is 5.26 Å². The quantitative estimate of drug-likeness (QED) is 0.636. The number of nitriles is 1. The van der Waals surface area contributed by atoms with Gasteiger partial charge in [0, 0.05) is 25.7 Å². The van der Waals surface area contributed by atoms with E-state index in [1.807, 2.05) is 36.4 Å². The van der Waals surface area contributed by atoms with E-state index in [4.69, 9.17) is 8.83 Å². The summed E-state index contributed by atoms with van der Waals surface area (Å²) in [6.45, 7) is 3.07. The van der Waals surface area contributed by atoms with Crippen LogP contribution in [0.1, 0.15) is 36.3 Å². The number of hydrogen-bond donors (Lipinski definition) is 1. The van der Waals surface area contributed by atoms with E-state index in [2.05, 4.69) is 10.3 Å². The Kier molecular flexibility index (Phi) is 5.61. The van der Waals surface area contributed by atoms with Gasteiger partial charge in [0.15, 0.2) is 5.76 Å². The second kappa shape index (κ2) is 8.34. The average Bonchev–Trinajstić information content (AvgIpc) is 3.37. The predicted molar refractivity (Wildman–Crippen MR) is 110 cm³/mol. The summed E-state index contributed by atoms with van der Waals surface area (Å²) in [5.41, 5.74) is 1.10. The van der Waals surface area contributed by atoms with Crippen molar-refractivity contribution in [2.75, 3.05) is 18.4 Å². The summed E-state index contributed by atoms with van der Waals surface area (Å²) in [5, 5.41) is 12.4. The van der Waals surface area contributed by atoms with Crippen LogP contribution in [0.3, 0.4) is 0 Å². The highest BCUT2D eigenvalue weighted by atomic mass is 32.2. The molecule has 0 aliphatic carbocycles. The zero-order valence-electron chi connectivity index (χ0n) is 16.6. The first-order valence-electron chi connectivity index (χ1n) is 9.78. The number of sulfonamides is 1. The van der Waals surface area contributed by atoms with Crippen LogP contribution in [-0.4, -0.2) is 30.8 Å². The molecule has 1 aliphatic rings. The third-order valence-corrected chi connectivity index (χ3v) is 7.05. The van der Waals surface area contributed by atoms with Crippen LogP contribution >= 0.6 is 0 Å². The fourth-order valence-electron chi connectivity index (χ4n) is 3.47. The van der Waals surface area contributed by atoms with Crippen molar-refractivity contribution >= 4 is 15.9 Å². The van der Waals surface area contributed by atoms with E-state index < -0.39 is 10.0 Å². The van der Waals surface area contributed by atoms with E-state index in [-0.39, 0.29) is 33.9 Å². The van der Waals surface area contributed by atoms with Gasteiger partial charge in [-0.25, -0.2) is 8.42 Å². The van der Waals surface area contributed by atoms with Gasteiger partial charge in [-0.3, -0.25) is 0 Å². The van der Waals surface area contributed by atoms with Crippen LogP contribution < -0.4 is 5.32 Å². The first kappa shape index (κ1) is 20.2. The molecule has 1 saturated heterocycles. The van der Waals surface area contributed by atoms with Crippen molar-refractivity contribution in [3.63, 3.8) is 0 Å². The highest BCUT2D eigenvalue weighted by molar-refractivity contribution is 7.89. The van der Waals surface area contributed by atoms with Crippen LogP contribution in [0, 0.1) is 18.3 Å². The third kappa shape index (κ3) is 3.97. The molecule has 0 bridgehead atoms. The standard InChI is InChI=1S/C21H22N4O4S/c1-15-19(30(26,27)25-10-6-3-7-11-25)12-18(28-15)21-24-17(13-22)20(29-21)23-14-16-8-4-2-5-9-16/h2,4-5,8-9,12,23H,3,6-7,10-11,14H2,1H3. The van der Waals surface area contributed by atoms with E-state index in [1.165, 1.54) is 10.4 Å². The lowest BCUT2D eigenvalue weighted by Gasteiger charge is -2.25. The number of nitrogens with zero attached hydrogens (tertiary/aromatic N) is 3. The van der Waals surface area contributed by atoms with Crippen LogP contribution in [0.2, 0.25) is 0 Å². The molecule has 0 spiro atoms. The molecule has 3 heterocycles. The van der Waals surface area contributed by atoms with Gasteiger partial charge in [0.2, 0.25) is 21.6 Å². The molecule has 9 heteroatoms. The van der Waals surface area contributed by atoms with E-state index >= 15 is 0 Å². The molecule has 1 aromatic carbocycles. The monoisotopic (exact) mass is 426 g/mol. The van der Waals surface area contributed by atoms with Crippen LogP contribution in [0.15, 0.2) is 50.1 Å². The van der Waals surface area contributed by atoms with Crippen LogP contribution in [0.5, 0.6) is 0 Å². The number of piperidine rings is 1. The van der Waals surface area contributed by atoms with Gasteiger partial charge in [-0.2, -0.15) is 14.6 Å². The van der Waals surface area contributed by atoms with E-state index in [9.17, 15) is 13.7 Å². The molecule has 0 unspecified atom stereocenters. The maximum absolute atomic E-state index is 13.0. The zero-order chi connectivity index (χ0) is 21.1. The van der Waals surface area contributed by atoms with Gasteiger partial charge in [-0.05, 0) is 25.3 Å². The third-order valence-electron chi connectivity index (χ3n) is 5.04. The molecule has 4 rings (SSSR count). The summed E-state index contributed by atoms with van der Waals surface area (Å²) in [6.07, 6.45) is 2.74. The summed E-state index contributed by atoms with van der Waals surface area (Å²) in [7, 11) is -3.65. The molecule has 1 fully saturated rings. The second-order valence-electron chi connectivity index (χ2n) is 7.14. The molecule has 0 amide bonds. The van der Waals surface area contributed by atoms with Crippen molar-refractivity contribution in [2.45, 2.75) is 37.6 Å². The summed E-state index contributed by atoms with van der Waals surface area (Å²) in [4.78, 5) is 4.27. The summed E-state index contributed by atoms with van der Waals surface area (Å²) in [5.74, 6) is 0.717. The van der Waals surface area contributed by atoms with Crippen molar-refractivity contribution in [2.24, 2.45) is 0 Å².